The Labute approximate surface area is 110 Å². The molecule has 104 valence electrons. The van der Waals surface area contributed by atoms with Crippen molar-refractivity contribution in [2.75, 3.05) is 18.4 Å². The van der Waals surface area contributed by atoms with Crippen molar-refractivity contribution >= 4 is 11.6 Å². The van der Waals surface area contributed by atoms with Crippen molar-refractivity contribution in [3.63, 3.8) is 0 Å². The van der Waals surface area contributed by atoms with Crippen LogP contribution in [0.2, 0.25) is 0 Å². The van der Waals surface area contributed by atoms with Gasteiger partial charge in [-0.2, -0.15) is 8.78 Å². The average molecular weight is 270 g/mol. The summed E-state index contributed by atoms with van der Waals surface area (Å²) in [6.07, 6.45) is 0. The number of anilines is 1. The quantitative estimate of drug-likeness (QED) is 0.880. The molecule has 1 aliphatic heterocycles. The van der Waals surface area contributed by atoms with Crippen LogP contribution in [0.3, 0.4) is 0 Å². The van der Waals surface area contributed by atoms with Crippen molar-refractivity contribution in [3.05, 3.63) is 24.3 Å². The molecule has 6 heteroatoms. The third-order valence-corrected chi connectivity index (χ3v) is 3.18. The molecule has 4 nitrogen and oxygen atoms in total. The number of rotatable bonds is 4. The topological polar surface area (TPSA) is 50.4 Å². The van der Waals surface area contributed by atoms with Gasteiger partial charge in [-0.25, -0.2) is 0 Å². The number of hydrogen-bond acceptors (Lipinski definition) is 3. The van der Waals surface area contributed by atoms with Gasteiger partial charge in [0.25, 0.3) is 0 Å². The maximum atomic E-state index is 12.1. The van der Waals surface area contributed by atoms with E-state index in [2.05, 4.69) is 15.4 Å². The lowest BCUT2D eigenvalue weighted by atomic mass is 9.97. The predicted octanol–water partition coefficient (Wildman–Crippen LogP) is 2.08. The molecule has 2 atom stereocenters. The van der Waals surface area contributed by atoms with E-state index in [0.29, 0.717) is 12.2 Å². The van der Waals surface area contributed by atoms with Crippen molar-refractivity contribution < 1.29 is 18.3 Å². The Morgan fingerprint density at radius 2 is 2.26 bits per heavy atom. The van der Waals surface area contributed by atoms with Crippen molar-refractivity contribution in [3.8, 4) is 5.75 Å². The van der Waals surface area contributed by atoms with Gasteiger partial charge in [-0.15, -0.1) is 0 Å². The first-order valence-corrected chi connectivity index (χ1v) is 6.12. The molecule has 1 amide bonds. The summed E-state index contributed by atoms with van der Waals surface area (Å²) in [6, 6.07) is 6.01. The number of alkyl halides is 2. The zero-order valence-electron chi connectivity index (χ0n) is 10.5. The molecule has 0 spiro atoms. The minimum atomic E-state index is -2.87. The summed E-state index contributed by atoms with van der Waals surface area (Å²) < 4.78 is 28.5. The van der Waals surface area contributed by atoms with Gasteiger partial charge in [-0.1, -0.05) is 13.0 Å². The van der Waals surface area contributed by atoms with E-state index in [9.17, 15) is 13.6 Å². The van der Waals surface area contributed by atoms with Gasteiger partial charge in [0, 0.05) is 18.3 Å². The van der Waals surface area contributed by atoms with Crippen molar-refractivity contribution in [1.82, 2.24) is 5.32 Å². The van der Waals surface area contributed by atoms with Crippen LogP contribution in [0.25, 0.3) is 0 Å². The van der Waals surface area contributed by atoms with Crippen LogP contribution < -0.4 is 15.4 Å². The zero-order chi connectivity index (χ0) is 13.8. The fourth-order valence-electron chi connectivity index (χ4n) is 2.15. The first-order chi connectivity index (χ1) is 9.06. The number of hydrogen-bond donors (Lipinski definition) is 2. The van der Waals surface area contributed by atoms with Crippen LogP contribution in [0.15, 0.2) is 24.3 Å². The molecule has 19 heavy (non-hydrogen) atoms. The van der Waals surface area contributed by atoms with Crippen LogP contribution in [-0.4, -0.2) is 25.6 Å². The van der Waals surface area contributed by atoms with Crippen molar-refractivity contribution in [2.24, 2.45) is 11.8 Å². The van der Waals surface area contributed by atoms with Gasteiger partial charge in [0.05, 0.1) is 5.92 Å². The lowest BCUT2D eigenvalue weighted by Gasteiger charge is -2.14. The fourth-order valence-corrected chi connectivity index (χ4v) is 2.15. The Balaban J connectivity index is 2.00. The number of carbonyl (C=O) groups is 1. The lowest BCUT2D eigenvalue weighted by molar-refractivity contribution is -0.120. The molecular weight excluding hydrogens is 254 g/mol. The maximum absolute atomic E-state index is 12.1. The van der Waals surface area contributed by atoms with Gasteiger partial charge in [-0.05, 0) is 24.6 Å². The van der Waals surface area contributed by atoms with E-state index < -0.39 is 6.61 Å². The smallest absolute Gasteiger partial charge is 0.387 e. The highest BCUT2D eigenvalue weighted by molar-refractivity contribution is 5.93. The molecule has 2 N–H and O–H groups in total. The molecule has 1 fully saturated rings. The molecule has 1 aliphatic rings. The summed E-state index contributed by atoms with van der Waals surface area (Å²) in [5, 5.41) is 5.87. The molecule has 1 heterocycles. The number of halogens is 2. The van der Waals surface area contributed by atoms with E-state index in [0.717, 1.165) is 6.54 Å². The third kappa shape index (κ3) is 3.64. The monoisotopic (exact) mass is 270 g/mol. The third-order valence-electron chi connectivity index (χ3n) is 3.18. The lowest BCUT2D eigenvalue weighted by Crippen LogP contribution is -2.27. The Hall–Kier alpha value is -1.69. The Morgan fingerprint density at radius 1 is 1.47 bits per heavy atom. The van der Waals surface area contributed by atoms with Crippen LogP contribution in [0.4, 0.5) is 14.5 Å². The van der Waals surface area contributed by atoms with Gasteiger partial charge in [0.2, 0.25) is 5.91 Å². The van der Waals surface area contributed by atoms with Gasteiger partial charge in [0.1, 0.15) is 5.75 Å². The molecule has 2 unspecified atom stereocenters. The normalized spacial score (nSPS) is 22.5. The molecule has 0 bridgehead atoms. The van der Waals surface area contributed by atoms with Crippen molar-refractivity contribution in [1.29, 1.82) is 0 Å². The average Bonchev–Trinajstić information content (AvgIpc) is 2.75. The summed E-state index contributed by atoms with van der Waals surface area (Å²) in [4.78, 5) is 12.0. The van der Waals surface area contributed by atoms with E-state index in [4.69, 9.17) is 0 Å². The highest BCUT2D eigenvalue weighted by Gasteiger charge is 2.29. The summed E-state index contributed by atoms with van der Waals surface area (Å²) in [5.41, 5.74) is 0.460. The number of nitrogens with one attached hydrogen (secondary N) is 2. The van der Waals surface area contributed by atoms with Crippen molar-refractivity contribution in [2.45, 2.75) is 13.5 Å². The Morgan fingerprint density at radius 3 is 2.89 bits per heavy atom. The van der Waals surface area contributed by atoms with E-state index in [1.807, 2.05) is 6.92 Å². The molecule has 0 saturated carbocycles. The predicted molar refractivity (Wildman–Crippen MR) is 67.2 cm³/mol. The second kappa shape index (κ2) is 5.97. The number of benzene rings is 1. The second-order valence-corrected chi connectivity index (χ2v) is 4.64. The fraction of sp³-hybridized carbons (Fsp3) is 0.462. The summed E-state index contributed by atoms with van der Waals surface area (Å²) in [7, 11) is 0. The Bertz CT molecular complexity index is 454. The number of amides is 1. The molecule has 1 aromatic carbocycles. The van der Waals surface area contributed by atoms with Crippen LogP contribution in [-0.2, 0) is 4.79 Å². The SMILES string of the molecule is CC1CNCC1C(=O)Nc1cccc(OC(F)F)c1. The summed E-state index contributed by atoms with van der Waals surface area (Å²) in [5.74, 6) is 0.0947. The van der Waals surface area contributed by atoms with Crippen LogP contribution >= 0.6 is 0 Å². The van der Waals surface area contributed by atoms with E-state index >= 15 is 0 Å². The van der Waals surface area contributed by atoms with E-state index in [1.165, 1.54) is 12.1 Å². The number of carbonyl (C=O) groups excluding carboxylic acids is 1. The summed E-state index contributed by atoms with van der Waals surface area (Å²) >= 11 is 0. The van der Waals surface area contributed by atoms with E-state index in [-0.39, 0.29) is 23.5 Å². The van der Waals surface area contributed by atoms with Crippen LogP contribution in [0.1, 0.15) is 6.92 Å². The minimum absolute atomic E-state index is 0.0328. The maximum Gasteiger partial charge on any atom is 0.387 e. The molecule has 1 aromatic rings. The van der Waals surface area contributed by atoms with Gasteiger partial charge < -0.3 is 15.4 Å². The standard InChI is InChI=1S/C13H16F2N2O2/c1-8-6-16-7-11(8)12(18)17-9-3-2-4-10(5-9)19-13(14)15/h2-5,8,11,13,16H,6-7H2,1H3,(H,17,18). The highest BCUT2D eigenvalue weighted by Crippen LogP contribution is 2.22. The molecule has 0 aromatic heterocycles. The zero-order valence-corrected chi connectivity index (χ0v) is 10.5. The van der Waals surface area contributed by atoms with Gasteiger partial charge in [0.15, 0.2) is 0 Å². The second-order valence-electron chi connectivity index (χ2n) is 4.64. The highest BCUT2D eigenvalue weighted by atomic mass is 19.3. The molecular formula is C13H16F2N2O2. The van der Waals surface area contributed by atoms with E-state index in [1.54, 1.807) is 12.1 Å². The van der Waals surface area contributed by atoms with Crippen LogP contribution in [0.5, 0.6) is 5.75 Å². The molecule has 1 saturated heterocycles. The van der Waals surface area contributed by atoms with Gasteiger partial charge in [-0.3, -0.25) is 4.79 Å². The Kier molecular flexibility index (Phi) is 4.31. The molecule has 0 radical (unpaired) electrons. The minimum Gasteiger partial charge on any atom is -0.435 e. The largest absolute Gasteiger partial charge is 0.435 e. The molecule has 2 rings (SSSR count). The number of ether oxygens (including phenoxy) is 1. The summed E-state index contributed by atoms with van der Waals surface area (Å²) in [6.45, 7) is 0.581. The first-order valence-electron chi connectivity index (χ1n) is 6.12. The molecule has 0 aliphatic carbocycles. The van der Waals surface area contributed by atoms with Crippen LogP contribution in [0, 0.1) is 11.8 Å². The first kappa shape index (κ1) is 13.7. The van der Waals surface area contributed by atoms with Gasteiger partial charge >= 0.3 is 6.61 Å².